The maximum Gasteiger partial charge on any atom is 0.261 e. The van der Waals surface area contributed by atoms with Gasteiger partial charge in [-0.3, -0.25) is 9.44 Å². The van der Waals surface area contributed by atoms with Gasteiger partial charge in [0, 0.05) is 11.1 Å². The Morgan fingerprint density at radius 2 is 0.676 bits per heavy atom. The Hall–Kier alpha value is -3.88. The number of nitrogens with one attached hydrogen (secondary N) is 2. The Kier molecular flexibility index (Phi) is 6.81. The summed E-state index contributed by atoms with van der Waals surface area (Å²) in [6, 6.07) is 33.3. The molecule has 0 amide bonds. The highest BCUT2D eigenvalue weighted by Crippen LogP contribution is 2.26. The van der Waals surface area contributed by atoms with Gasteiger partial charge in [0.1, 0.15) is 0 Å². The second-order valence-corrected chi connectivity index (χ2v) is 10.7. The second kappa shape index (κ2) is 9.94. The van der Waals surface area contributed by atoms with E-state index in [9.17, 15) is 16.8 Å². The smallest absolute Gasteiger partial charge is 0.261 e. The van der Waals surface area contributed by atoms with E-state index >= 15 is 0 Å². The first-order chi connectivity index (χ1) is 16.4. The van der Waals surface area contributed by atoms with E-state index in [0.29, 0.717) is 11.1 Å². The highest BCUT2D eigenvalue weighted by atomic mass is 32.2. The molecule has 0 atom stereocenters. The maximum atomic E-state index is 13.3. The van der Waals surface area contributed by atoms with Crippen molar-refractivity contribution < 1.29 is 16.8 Å². The standard InChI is InChI=1S/C26H22N2O4S2/c29-33(30,23-17-9-3-10-18-23)27-25(21-13-5-1-6-14-21)26(22-15-7-2-8-16-22)28-34(31,32)24-19-11-4-12-20-24/h1-20,27-28H/b26-25-. The van der Waals surface area contributed by atoms with E-state index < -0.39 is 20.0 Å². The molecule has 4 aromatic rings. The van der Waals surface area contributed by atoms with Crippen molar-refractivity contribution in [1.29, 1.82) is 0 Å². The molecule has 172 valence electrons. The molecule has 0 saturated carbocycles. The van der Waals surface area contributed by atoms with Gasteiger partial charge in [-0.1, -0.05) is 97.1 Å². The van der Waals surface area contributed by atoms with E-state index in [1.54, 1.807) is 97.1 Å². The summed E-state index contributed by atoms with van der Waals surface area (Å²) in [6.07, 6.45) is 0. The van der Waals surface area contributed by atoms with Gasteiger partial charge >= 0.3 is 0 Å². The summed E-state index contributed by atoms with van der Waals surface area (Å²) in [4.78, 5) is 0.114. The lowest BCUT2D eigenvalue weighted by atomic mass is 10.1. The van der Waals surface area contributed by atoms with Gasteiger partial charge in [0.15, 0.2) is 0 Å². The third-order valence-corrected chi connectivity index (χ3v) is 7.69. The van der Waals surface area contributed by atoms with Gasteiger partial charge in [-0.05, 0) is 24.3 Å². The first kappa shape index (κ1) is 23.3. The highest BCUT2D eigenvalue weighted by Gasteiger charge is 2.24. The third-order valence-electron chi connectivity index (χ3n) is 4.95. The van der Waals surface area contributed by atoms with Crippen molar-refractivity contribution in [2.24, 2.45) is 0 Å². The zero-order chi connectivity index (χ0) is 24.0. The first-order valence-corrected chi connectivity index (χ1v) is 13.3. The topological polar surface area (TPSA) is 92.3 Å². The van der Waals surface area contributed by atoms with Crippen molar-refractivity contribution in [3.05, 3.63) is 132 Å². The first-order valence-electron chi connectivity index (χ1n) is 10.4. The number of hydrogen-bond donors (Lipinski definition) is 2. The van der Waals surface area contributed by atoms with Crippen LogP contribution < -0.4 is 9.44 Å². The zero-order valence-corrected chi connectivity index (χ0v) is 19.6. The summed E-state index contributed by atoms with van der Waals surface area (Å²) in [6.45, 7) is 0. The van der Waals surface area contributed by atoms with Crippen molar-refractivity contribution >= 4 is 31.4 Å². The molecule has 0 aliphatic carbocycles. The van der Waals surface area contributed by atoms with Gasteiger partial charge in [0.25, 0.3) is 20.0 Å². The van der Waals surface area contributed by atoms with Crippen molar-refractivity contribution in [3.63, 3.8) is 0 Å². The van der Waals surface area contributed by atoms with Crippen LogP contribution in [0.25, 0.3) is 11.4 Å². The summed E-state index contributed by atoms with van der Waals surface area (Å²) < 4.78 is 58.3. The third kappa shape index (κ3) is 5.36. The summed E-state index contributed by atoms with van der Waals surface area (Å²) in [7, 11) is -8.05. The van der Waals surface area contributed by atoms with E-state index in [1.165, 1.54) is 24.3 Å². The molecule has 0 aromatic heterocycles. The van der Waals surface area contributed by atoms with Gasteiger partial charge in [-0.15, -0.1) is 0 Å². The van der Waals surface area contributed by atoms with Gasteiger partial charge in [-0.25, -0.2) is 16.8 Å². The average Bonchev–Trinajstić information content (AvgIpc) is 2.88. The Morgan fingerprint density at radius 3 is 0.971 bits per heavy atom. The highest BCUT2D eigenvalue weighted by molar-refractivity contribution is 7.90. The molecule has 8 heteroatoms. The molecule has 0 fully saturated rings. The fourth-order valence-electron chi connectivity index (χ4n) is 3.30. The quantitative estimate of drug-likeness (QED) is 0.357. The van der Waals surface area contributed by atoms with Crippen LogP contribution in [0, 0.1) is 0 Å². The predicted octanol–water partition coefficient (Wildman–Crippen LogP) is 4.47. The Balaban J connectivity index is 1.93. The van der Waals surface area contributed by atoms with Crippen LogP contribution in [0.2, 0.25) is 0 Å². The number of rotatable bonds is 8. The molecule has 0 aliphatic heterocycles. The zero-order valence-electron chi connectivity index (χ0n) is 18.0. The van der Waals surface area contributed by atoms with E-state index in [-0.39, 0.29) is 21.2 Å². The van der Waals surface area contributed by atoms with Crippen LogP contribution in [-0.2, 0) is 20.0 Å². The fourth-order valence-corrected chi connectivity index (χ4v) is 5.55. The summed E-state index contributed by atoms with van der Waals surface area (Å²) >= 11 is 0. The molecule has 0 bridgehead atoms. The molecule has 2 N–H and O–H groups in total. The summed E-state index contributed by atoms with van der Waals surface area (Å²) in [5, 5.41) is 0. The lowest BCUT2D eigenvalue weighted by Gasteiger charge is -2.20. The average molecular weight is 491 g/mol. The van der Waals surface area contributed by atoms with Crippen LogP contribution in [0.1, 0.15) is 11.1 Å². The van der Waals surface area contributed by atoms with Gasteiger partial charge in [-0.2, -0.15) is 0 Å². The van der Waals surface area contributed by atoms with Crippen molar-refractivity contribution in [1.82, 2.24) is 9.44 Å². The van der Waals surface area contributed by atoms with E-state index in [0.717, 1.165) is 0 Å². The van der Waals surface area contributed by atoms with Gasteiger partial charge in [0.05, 0.1) is 21.2 Å². The van der Waals surface area contributed by atoms with Crippen LogP contribution >= 0.6 is 0 Å². The predicted molar refractivity (Wildman–Crippen MR) is 133 cm³/mol. The molecule has 0 radical (unpaired) electrons. The second-order valence-electron chi connectivity index (χ2n) is 7.32. The molecule has 0 saturated heterocycles. The molecule has 0 heterocycles. The molecule has 0 aliphatic rings. The minimum atomic E-state index is -4.02. The van der Waals surface area contributed by atoms with Crippen LogP contribution in [0.15, 0.2) is 131 Å². The van der Waals surface area contributed by atoms with E-state index in [2.05, 4.69) is 9.44 Å². The molecule has 6 nitrogen and oxygen atoms in total. The van der Waals surface area contributed by atoms with Crippen LogP contribution in [0.5, 0.6) is 0 Å². The van der Waals surface area contributed by atoms with Gasteiger partial charge in [0.2, 0.25) is 0 Å². The number of benzene rings is 4. The minimum Gasteiger partial charge on any atom is -0.277 e. The summed E-state index contributed by atoms with van der Waals surface area (Å²) in [5.74, 6) is 0. The molecular weight excluding hydrogens is 468 g/mol. The summed E-state index contributed by atoms with van der Waals surface area (Å²) in [5.41, 5.74) is 1.21. The molecule has 4 aromatic carbocycles. The Morgan fingerprint density at radius 1 is 0.412 bits per heavy atom. The molecule has 0 spiro atoms. The normalized spacial score (nSPS) is 12.5. The maximum absolute atomic E-state index is 13.3. The van der Waals surface area contributed by atoms with Crippen molar-refractivity contribution in [2.45, 2.75) is 9.79 Å². The fraction of sp³-hybridized carbons (Fsp3) is 0. The largest absolute Gasteiger partial charge is 0.277 e. The Labute approximate surface area is 199 Å². The molecular formula is C26H22N2O4S2. The van der Waals surface area contributed by atoms with Crippen LogP contribution in [0.4, 0.5) is 0 Å². The monoisotopic (exact) mass is 490 g/mol. The minimum absolute atomic E-state index is 0.0572. The van der Waals surface area contributed by atoms with E-state index in [1.807, 2.05) is 0 Å². The van der Waals surface area contributed by atoms with E-state index in [4.69, 9.17) is 0 Å². The van der Waals surface area contributed by atoms with Crippen LogP contribution in [0.3, 0.4) is 0 Å². The van der Waals surface area contributed by atoms with Gasteiger partial charge < -0.3 is 0 Å². The molecule has 0 unspecified atom stereocenters. The number of hydrogen-bond acceptors (Lipinski definition) is 4. The van der Waals surface area contributed by atoms with Crippen LogP contribution in [-0.4, -0.2) is 16.8 Å². The Bertz CT molecular complexity index is 1370. The number of sulfonamides is 2. The lowest BCUT2D eigenvalue weighted by molar-refractivity contribution is 0.588. The molecule has 4 rings (SSSR count). The SMILES string of the molecule is O=S(=O)(N/C(=C(\NS(=O)(=O)c1ccccc1)c1ccccc1)c1ccccc1)c1ccccc1. The molecule has 34 heavy (non-hydrogen) atoms. The lowest BCUT2D eigenvalue weighted by Crippen LogP contribution is -2.29. The van der Waals surface area contributed by atoms with Crippen molar-refractivity contribution in [3.8, 4) is 0 Å². The van der Waals surface area contributed by atoms with Crippen molar-refractivity contribution in [2.75, 3.05) is 0 Å².